The van der Waals surface area contributed by atoms with Crippen LogP contribution in [0.3, 0.4) is 0 Å². The van der Waals surface area contributed by atoms with Gasteiger partial charge in [-0.25, -0.2) is 5.43 Å². The molecule has 0 heterocycles. The predicted octanol–water partition coefficient (Wildman–Crippen LogP) is 3.66. The number of nitrogens with one attached hydrogen (secondary N) is 1. The van der Waals surface area contributed by atoms with Crippen molar-refractivity contribution in [3.8, 4) is 11.5 Å². The Morgan fingerprint density at radius 3 is 2.29 bits per heavy atom. The van der Waals surface area contributed by atoms with Crippen molar-refractivity contribution < 1.29 is 14.3 Å². The topological polar surface area (TPSA) is 59.9 Å². The van der Waals surface area contributed by atoms with Gasteiger partial charge in [-0.1, -0.05) is 18.5 Å². The van der Waals surface area contributed by atoms with Gasteiger partial charge in [0.1, 0.15) is 11.5 Å². The van der Waals surface area contributed by atoms with Gasteiger partial charge in [-0.15, -0.1) is 0 Å². The van der Waals surface area contributed by atoms with Gasteiger partial charge in [0.15, 0.2) is 6.61 Å². The highest BCUT2D eigenvalue weighted by Gasteiger charge is 2.05. The van der Waals surface area contributed by atoms with E-state index in [4.69, 9.17) is 21.1 Å². The van der Waals surface area contributed by atoms with E-state index in [9.17, 15) is 4.79 Å². The zero-order valence-electron chi connectivity index (χ0n) is 13.6. The fourth-order valence-corrected chi connectivity index (χ4v) is 2.10. The smallest absolute Gasteiger partial charge is 0.277 e. The third-order valence-electron chi connectivity index (χ3n) is 3.26. The number of ether oxygens (including phenoxy) is 2. The summed E-state index contributed by atoms with van der Waals surface area (Å²) in [5.41, 5.74) is 4.21. The van der Waals surface area contributed by atoms with E-state index >= 15 is 0 Å². The minimum absolute atomic E-state index is 0.120. The molecule has 0 bridgehead atoms. The number of hydrogen-bond donors (Lipinski definition) is 1. The quantitative estimate of drug-likeness (QED) is 0.615. The maximum Gasteiger partial charge on any atom is 0.277 e. The Bertz CT molecular complexity index is 697. The maximum absolute atomic E-state index is 11.8. The van der Waals surface area contributed by atoms with Crippen molar-refractivity contribution in [3.05, 3.63) is 59.1 Å². The third kappa shape index (κ3) is 5.28. The number of methoxy groups -OCH3 is 1. The Kier molecular flexibility index (Phi) is 6.63. The van der Waals surface area contributed by atoms with Gasteiger partial charge in [-0.2, -0.15) is 5.10 Å². The van der Waals surface area contributed by atoms with E-state index < -0.39 is 0 Å². The maximum atomic E-state index is 11.8. The Labute approximate surface area is 146 Å². The highest BCUT2D eigenvalue weighted by atomic mass is 35.5. The molecule has 0 saturated carbocycles. The first-order valence-corrected chi connectivity index (χ1v) is 7.88. The lowest BCUT2D eigenvalue weighted by atomic mass is 10.1. The molecule has 24 heavy (non-hydrogen) atoms. The van der Waals surface area contributed by atoms with E-state index in [2.05, 4.69) is 10.5 Å². The van der Waals surface area contributed by atoms with Crippen molar-refractivity contribution >= 4 is 23.2 Å². The van der Waals surface area contributed by atoms with Crippen LogP contribution < -0.4 is 14.9 Å². The van der Waals surface area contributed by atoms with E-state index in [1.807, 2.05) is 31.2 Å². The normalized spacial score (nSPS) is 11.0. The Balaban J connectivity index is 1.91. The van der Waals surface area contributed by atoms with E-state index in [1.165, 1.54) is 0 Å². The molecule has 0 aliphatic carbocycles. The summed E-state index contributed by atoms with van der Waals surface area (Å²) in [6.07, 6.45) is 0.685. The van der Waals surface area contributed by atoms with Crippen molar-refractivity contribution in [2.75, 3.05) is 13.7 Å². The number of benzene rings is 2. The van der Waals surface area contributed by atoms with Crippen LogP contribution in [0.5, 0.6) is 11.5 Å². The summed E-state index contributed by atoms with van der Waals surface area (Å²) in [4.78, 5) is 11.8. The number of carbonyl (C=O) groups is 1. The fraction of sp³-hybridized carbons (Fsp3) is 0.222. The summed E-state index contributed by atoms with van der Waals surface area (Å²) in [5.74, 6) is 1.02. The number of halogens is 1. The van der Waals surface area contributed by atoms with Gasteiger partial charge in [0.2, 0.25) is 0 Å². The first-order valence-electron chi connectivity index (χ1n) is 7.50. The van der Waals surface area contributed by atoms with Crippen molar-refractivity contribution in [1.29, 1.82) is 0 Å². The molecule has 0 aromatic heterocycles. The van der Waals surface area contributed by atoms with Gasteiger partial charge in [0.25, 0.3) is 5.91 Å². The van der Waals surface area contributed by atoms with Gasteiger partial charge >= 0.3 is 0 Å². The van der Waals surface area contributed by atoms with Crippen LogP contribution in [0.25, 0.3) is 0 Å². The number of nitrogens with zero attached hydrogens (tertiary/aromatic N) is 1. The van der Waals surface area contributed by atoms with Gasteiger partial charge in [0.05, 0.1) is 12.8 Å². The molecule has 1 amide bonds. The first-order chi connectivity index (χ1) is 11.6. The second kappa shape index (κ2) is 8.93. The molecule has 2 rings (SSSR count). The molecule has 6 heteroatoms. The molecule has 5 nitrogen and oxygen atoms in total. The fourth-order valence-electron chi connectivity index (χ4n) is 1.97. The van der Waals surface area contributed by atoms with Crippen LogP contribution >= 0.6 is 11.6 Å². The van der Waals surface area contributed by atoms with Crippen LogP contribution in [0.4, 0.5) is 0 Å². The molecule has 0 radical (unpaired) electrons. The Hall–Kier alpha value is -2.53. The van der Waals surface area contributed by atoms with Crippen LogP contribution in [0.1, 0.15) is 18.9 Å². The molecule has 1 N–H and O–H groups in total. The van der Waals surface area contributed by atoms with Gasteiger partial charge in [-0.3, -0.25) is 4.79 Å². The van der Waals surface area contributed by atoms with Crippen LogP contribution in [0.15, 0.2) is 53.6 Å². The second-order valence-corrected chi connectivity index (χ2v) is 5.35. The Morgan fingerprint density at radius 2 is 1.71 bits per heavy atom. The summed E-state index contributed by atoms with van der Waals surface area (Å²) >= 11 is 5.79. The average Bonchev–Trinajstić information content (AvgIpc) is 2.62. The average molecular weight is 347 g/mol. The summed E-state index contributed by atoms with van der Waals surface area (Å²) in [6, 6.07) is 14.3. The van der Waals surface area contributed by atoms with E-state index in [-0.39, 0.29) is 12.5 Å². The van der Waals surface area contributed by atoms with Gasteiger partial charge < -0.3 is 9.47 Å². The molecule has 0 aliphatic rings. The monoisotopic (exact) mass is 346 g/mol. The van der Waals surface area contributed by atoms with E-state index in [0.29, 0.717) is 17.2 Å². The highest BCUT2D eigenvalue weighted by Crippen LogP contribution is 2.15. The minimum atomic E-state index is -0.329. The predicted molar refractivity (Wildman–Crippen MR) is 94.9 cm³/mol. The van der Waals surface area contributed by atoms with E-state index in [1.54, 1.807) is 31.4 Å². The molecular formula is C18H19ClN2O3. The van der Waals surface area contributed by atoms with Crippen LogP contribution in [0.2, 0.25) is 5.02 Å². The molecule has 0 atom stereocenters. The first kappa shape index (κ1) is 17.8. The van der Waals surface area contributed by atoms with Crippen molar-refractivity contribution in [2.24, 2.45) is 5.10 Å². The molecule has 0 aliphatic heterocycles. The van der Waals surface area contributed by atoms with Crippen molar-refractivity contribution in [1.82, 2.24) is 5.43 Å². The number of hydrogen-bond acceptors (Lipinski definition) is 4. The standard InChI is InChI=1S/C18H19ClN2O3/c1-3-17(13-4-8-15(23-2)9-5-13)20-21-18(22)12-24-16-10-6-14(19)7-11-16/h4-11H,3,12H2,1-2H3,(H,21,22)/b20-17+. The number of rotatable bonds is 7. The Morgan fingerprint density at radius 1 is 1.08 bits per heavy atom. The lowest BCUT2D eigenvalue weighted by molar-refractivity contribution is -0.123. The van der Waals surface area contributed by atoms with Crippen molar-refractivity contribution in [3.63, 3.8) is 0 Å². The molecular weight excluding hydrogens is 328 g/mol. The zero-order chi connectivity index (χ0) is 17.4. The van der Waals surface area contributed by atoms with Gasteiger partial charge in [-0.05, 0) is 60.5 Å². The molecule has 126 valence electrons. The summed E-state index contributed by atoms with van der Waals surface area (Å²) < 4.78 is 10.5. The largest absolute Gasteiger partial charge is 0.497 e. The van der Waals surface area contributed by atoms with Crippen LogP contribution in [-0.4, -0.2) is 25.3 Å². The number of amides is 1. The summed E-state index contributed by atoms with van der Waals surface area (Å²) in [5, 5.41) is 4.78. The summed E-state index contributed by atoms with van der Waals surface area (Å²) in [7, 11) is 1.62. The molecule has 2 aromatic rings. The molecule has 0 unspecified atom stereocenters. The third-order valence-corrected chi connectivity index (χ3v) is 3.51. The van der Waals surface area contributed by atoms with Gasteiger partial charge in [0, 0.05) is 5.02 Å². The molecule has 0 spiro atoms. The SMILES string of the molecule is CC/C(=N\NC(=O)COc1ccc(Cl)cc1)c1ccc(OC)cc1. The van der Waals surface area contributed by atoms with E-state index in [0.717, 1.165) is 17.0 Å². The lowest BCUT2D eigenvalue weighted by Gasteiger charge is -2.07. The molecule has 2 aromatic carbocycles. The molecule has 0 fully saturated rings. The highest BCUT2D eigenvalue weighted by molar-refractivity contribution is 6.30. The summed E-state index contributed by atoms with van der Waals surface area (Å²) in [6.45, 7) is 1.85. The molecule has 0 saturated heterocycles. The van der Waals surface area contributed by atoms with Crippen molar-refractivity contribution in [2.45, 2.75) is 13.3 Å². The minimum Gasteiger partial charge on any atom is -0.497 e. The lowest BCUT2D eigenvalue weighted by Crippen LogP contribution is -2.26. The number of carbonyl (C=O) groups excluding carboxylic acids is 1. The number of hydrazone groups is 1. The second-order valence-electron chi connectivity index (χ2n) is 4.92. The van der Waals surface area contributed by atoms with Crippen LogP contribution in [-0.2, 0) is 4.79 Å². The van der Waals surface area contributed by atoms with Crippen LogP contribution in [0, 0.1) is 0 Å². The zero-order valence-corrected chi connectivity index (χ0v) is 14.3.